The van der Waals surface area contributed by atoms with Gasteiger partial charge >= 0.3 is 5.97 Å². The molecule has 0 N–H and O–H groups in total. The summed E-state index contributed by atoms with van der Waals surface area (Å²) in [7, 11) is -3.87. The molecule has 2 aliphatic rings. The summed E-state index contributed by atoms with van der Waals surface area (Å²) in [4.78, 5) is 26.5. The third kappa shape index (κ3) is 5.72. The Morgan fingerprint density at radius 1 is 1.06 bits per heavy atom. The molecule has 1 aromatic rings. The number of nitrogens with zero attached hydrogens (tertiary/aromatic N) is 2. The fraction of sp³-hybridized carbons (Fsp3) is 0.619. The van der Waals surface area contributed by atoms with Crippen molar-refractivity contribution in [1.82, 2.24) is 9.21 Å². The van der Waals surface area contributed by atoms with Crippen molar-refractivity contribution < 1.29 is 22.7 Å². The SMILES string of the molecule is C[C@@H]1C[C@@H](C)CN(C(=O)COC(=O)C2CCN(S(=O)(=O)c3c(Cl)cccc3Cl)CC2)C1. The summed E-state index contributed by atoms with van der Waals surface area (Å²) in [5, 5.41) is 0.128. The molecule has 1 amide bonds. The van der Waals surface area contributed by atoms with Gasteiger partial charge in [0, 0.05) is 26.2 Å². The zero-order valence-corrected chi connectivity index (χ0v) is 20.0. The minimum absolute atomic E-state index is 0.0638. The fourth-order valence-electron chi connectivity index (χ4n) is 4.40. The maximum Gasteiger partial charge on any atom is 0.309 e. The van der Waals surface area contributed by atoms with Crippen molar-refractivity contribution in [2.24, 2.45) is 17.8 Å². The number of sulfonamides is 1. The predicted octanol–water partition coefficient (Wildman–Crippen LogP) is 3.44. The van der Waals surface area contributed by atoms with E-state index in [9.17, 15) is 18.0 Å². The zero-order chi connectivity index (χ0) is 22.8. The molecule has 0 spiro atoms. The van der Waals surface area contributed by atoms with E-state index in [4.69, 9.17) is 27.9 Å². The second-order valence-electron chi connectivity index (χ2n) is 8.58. The number of carbonyl (C=O) groups excluding carboxylic acids is 2. The Balaban J connectivity index is 1.52. The minimum Gasteiger partial charge on any atom is -0.455 e. The van der Waals surface area contributed by atoms with Gasteiger partial charge in [0.1, 0.15) is 4.90 Å². The summed E-state index contributed by atoms with van der Waals surface area (Å²) in [6, 6.07) is 4.54. The van der Waals surface area contributed by atoms with E-state index in [2.05, 4.69) is 13.8 Å². The van der Waals surface area contributed by atoms with Crippen LogP contribution >= 0.6 is 23.2 Å². The summed E-state index contributed by atoms with van der Waals surface area (Å²) in [5.41, 5.74) is 0. The molecule has 2 atom stereocenters. The number of rotatable bonds is 5. The van der Waals surface area contributed by atoms with Crippen LogP contribution in [-0.4, -0.2) is 62.3 Å². The first kappa shape index (κ1) is 24.3. The molecule has 0 unspecified atom stereocenters. The first-order valence-corrected chi connectivity index (χ1v) is 12.7. The summed E-state index contributed by atoms with van der Waals surface area (Å²) >= 11 is 12.1. The number of ether oxygens (including phenoxy) is 1. The molecule has 3 rings (SSSR count). The Hall–Kier alpha value is -1.35. The Labute approximate surface area is 193 Å². The van der Waals surface area contributed by atoms with E-state index in [1.165, 1.54) is 16.4 Å². The van der Waals surface area contributed by atoms with Crippen LogP contribution in [-0.2, 0) is 24.3 Å². The van der Waals surface area contributed by atoms with E-state index < -0.39 is 21.9 Å². The van der Waals surface area contributed by atoms with Crippen molar-refractivity contribution in [3.05, 3.63) is 28.2 Å². The number of hydrogen-bond acceptors (Lipinski definition) is 5. The number of halogens is 2. The summed E-state index contributed by atoms with van der Waals surface area (Å²) in [6.45, 7) is 5.62. The van der Waals surface area contributed by atoms with Gasteiger partial charge in [0.25, 0.3) is 5.91 Å². The standard InChI is InChI=1S/C21H28Cl2N2O5S/c1-14-10-15(2)12-24(11-14)19(26)13-30-21(27)16-6-8-25(9-7-16)31(28,29)20-17(22)4-3-5-18(20)23/h3-5,14-16H,6-13H2,1-2H3/t14-,15-/m1/s1. The number of benzene rings is 1. The second-order valence-corrected chi connectivity index (χ2v) is 11.3. The van der Waals surface area contributed by atoms with Crippen molar-refractivity contribution in [3.8, 4) is 0 Å². The summed E-state index contributed by atoms with van der Waals surface area (Å²) in [6.07, 6.45) is 1.71. The highest BCUT2D eigenvalue weighted by Gasteiger charge is 2.35. The lowest BCUT2D eigenvalue weighted by Gasteiger charge is -2.35. The van der Waals surface area contributed by atoms with Crippen LogP contribution in [0, 0.1) is 17.8 Å². The smallest absolute Gasteiger partial charge is 0.309 e. The highest BCUT2D eigenvalue weighted by Crippen LogP contribution is 2.33. The lowest BCUT2D eigenvalue weighted by atomic mass is 9.92. The Morgan fingerprint density at radius 3 is 2.16 bits per heavy atom. The molecule has 0 radical (unpaired) electrons. The van der Waals surface area contributed by atoms with Crippen LogP contribution in [0.1, 0.15) is 33.1 Å². The molecule has 2 aliphatic heterocycles. The van der Waals surface area contributed by atoms with Gasteiger partial charge in [0.05, 0.1) is 16.0 Å². The molecular weight excluding hydrogens is 463 g/mol. The van der Waals surface area contributed by atoms with Gasteiger partial charge in [-0.25, -0.2) is 8.42 Å². The molecule has 0 bridgehead atoms. The Morgan fingerprint density at radius 2 is 1.61 bits per heavy atom. The van der Waals surface area contributed by atoms with Gasteiger partial charge in [-0.1, -0.05) is 43.1 Å². The van der Waals surface area contributed by atoms with E-state index in [1.54, 1.807) is 11.0 Å². The lowest BCUT2D eigenvalue weighted by Crippen LogP contribution is -2.45. The molecule has 31 heavy (non-hydrogen) atoms. The summed E-state index contributed by atoms with van der Waals surface area (Å²) < 4.78 is 32.4. The van der Waals surface area contributed by atoms with Gasteiger partial charge in [0.2, 0.25) is 10.0 Å². The van der Waals surface area contributed by atoms with Crippen LogP contribution in [0.5, 0.6) is 0 Å². The number of piperidine rings is 2. The number of amides is 1. The topological polar surface area (TPSA) is 84.0 Å². The van der Waals surface area contributed by atoms with Gasteiger partial charge in [0.15, 0.2) is 6.61 Å². The quantitative estimate of drug-likeness (QED) is 0.590. The van der Waals surface area contributed by atoms with E-state index in [0.29, 0.717) is 37.8 Å². The number of hydrogen-bond donors (Lipinski definition) is 0. The third-order valence-electron chi connectivity index (χ3n) is 5.86. The van der Waals surface area contributed by atoms with E-state index in [-0.39, 0.29) is 40.5 Å². The maximum absolute atomic E-state index is 12.9. The molecule has 7 nitrogen and oxygen atoms in total. The molecule has 2 saturated heterocycles. The largest absolute Gasteiger partial charge is 0.455 e. The van der Waals surface area contributed by atoms with Crippen LogP contribution in [0.25, 0.3) is 0 Å². The number of carbonyl (C=O) groups is 2. The molecule has 0 aliphatic carbocycles. The number of esters is 1. The maximum atomic E-state index is 12.9. The van der Waals surface area contributed by atoms with Crippen LogP contribution in [0.15, 0.2) is 23.1 Å². The van der Waals surface area contributed by atoms with Gasteiger partial charge in [-0.15, -0.1) is 0 Å². The Kier molecular flexibility index (Phi) is 7.89. The van der Waals surface area contributed by atoms with Crippen LogP contribution in [0.3, 0.4) is 0 Å². The van der Waals surface area contributed by atoms with Gasteiger partial charge in [-0.2, -0.15) is 4.31 Å². The van der Waals surface area contributed by atoms with Gasteiger partial charge in [-0.3, -0.25) is 9.59 Å². The fourth-order valence-corrected chi connectivity index (χ4v) is 6.96. The molecule has 172 valence electrons. The van der Waals surface area contributed by atoms with Crippen molar-refractivity contribution in [3.63, 3.8) is 0 Å². The first-order valence-electron chi connectivity index (χ1n) is 10.5. The molecule has 1 aromatic carbocycles. The average molecular weight is 491 g/mol. The molecule has 10 heteroatoms. The Bertz CT molecular complexity index is 901. The van der Waals surface area contributed by atoms with E-state index >= 15 is 0 Å². The molecule has 2 heterocycles. The zero-order valence-electron chi connectivity index (χ0n) is 17.7. The highest BCUT2D eigenvalue weighted by molar-refractivity contribution is 7.89. The van der Waals surface area contributed by atoms with Crippen molar-refractivity contribution in [2.75, 3.05) is 32.8 Å². The van der Waals surface area contributed by atoms with Crippen LogP contribution in [0.4, 0.5) is 0 Å². The predicted molar refractivity (Wildman–Crippen MR) is 118 cm³/mol. The average Bonchev–Trinajstić information content (AvgIpc) is 2.71. The lowest BCUT2D eigenvalue weighted by molar-refractivity contribution is -0.157. The van der Waals surface area contributed by atoms with E-state index in [1.807, 2.05) is 0 Å². The molecule has 2 fully saturated rings. The van der Waals surface area contributed by atoms with Crippen molar-refractivity contribution in [1.29, 1.82) is 0 Å². The van der Waals surface area contributed by atoms with E-state index in [0.717, 1.165) is 6.42 Å². The molecule has 0 saturated carbocycles. The third-order valence-corrected chi connectivity index (χ3v) is 8.72. The number of likely N-dealkylation sites (tertiary alicyclic amines) is 1. The highest BCUT2D eigenvalue weighted by atomic mass is 35.5. The first-order chi connectivity index (χ1) is 14.6. The van der Waals surface area contributed by atoms with Crippen LogP contribution < -0.4 is 0 Å². The van der Waals surface area contributed by atoms with Gasteiger partial charge < -0.3 is 9.64 Å². The van der Waals surface area contributed by atoms with Crippen molar-refractivity contribution >= 4 is 45.1 Å². The minimum atomic E-state index is -3.87. The monoisotopic (exact) mass is 490 g/mol. The van der Waals surface area contributed by atoms with Crippen LogP contribution in [0.2, 0.25) is 10.0 Å². The molecule has 0 aromatic heterocycles. The van der Waals surface area contributed by atoms with Gasteiger partial charge in [-0.05, 0) is 43.2 Å². The molecular formula is C21H28Cl2N2O5S. The second kappa shape index (κ2) is 10.1. The summed E-state index contributed by atoms with van der Waals surface area (Å²) in [5.74, 6) is -0.220. The normalized spacial score (nSPS) is 23.5. The van der Waals surface area contributed by atoms with Crippen molar-refractivity contribution in [2.45, 2.75) is 38.0 Å².